The van der Waals surface area contributed by atoms with Crippen molar-refractivity contribution in [2.45, 2.75) is 19.8 Å². The summed E-state index contributed by atoms with van der Waals surface area (Å²) in [6, 6.07) is 12.6. The Labute approximate surface area is 159 Å². The molecule has 0 atom stereocenters. The third-order valence-electron chi connectivity index (χ3n) is 4.59. The normalized spacial score (nSPS) is 13.3. The van der Waals surface area contributed by atoms with Crippen LogP contribution in [0.4, 0.5) is 5.69 Å². The third-order valence-corrected chi connectivity index (χ3v) is 4.59. The van der Waals surface area contributed by atoms with Crippen LogP contribution >= 0.6 is 0 Å². The lowest BCUT2D eigenvalue weighted by atomic mass is 10.1. The quantitative estimate of drug-likeness (QED) is 0.850. The number of aryl methyl sites for hydroxylation is 1. The van der Waals surface area contributed by atoms with Gasteiger partial charge in [0.2, 0.25) is 0 Å². The summed E-state index contributed by atoms with van der Waals surface area (Å²) >= 11 is 0. The van der Waals surface area contributed by atoms with Crippen molar-refractivity contribution in [1.29, 1.82) is 0 Å². The molecule has 1 heterocycles. The number of carbonyl (C=O) groups excluding carboxylic acids is 2. The minimum Gasteiger partial charge on any atom is -0.493 e. The van der Waals surface area contributed by atoms with Crippen molar-refractivity contribution in [3.05, 3.63) is 53.6 Å². The van der Waals surface area contributed by atoms with Gasteiger partial charge >= 0.3 is 0 Å². The van der Waals surface area contributed by atoms with Crippen LogP contribution in [0.15, 0.2) is 42.5 Å². The average Bonchev–Trinajstić information content (AvgIpc) is 3.22. The summed E-state index contributed by atoms with van der Waals surface area (Å²) in [5, 5.41) is 2.84. The van der Waals surface area contributed by atoms with Gasteiger partial charge in [-0.05, 0) is 43.5 Å². The summed E-state index contributed by atoms with van der Waals surface area (Å²) < 4.78 is 10.8. The fourth-order valence-corrected chi connectivity index (χ4v) is 3.16. The summed E-state index contributed by atoms with van der Waals surface area (Å²) in [6.07, 6.45) is 2.04. The molecule has 0 radical (unpaired) electrons. The highest BCUT2D eigenvalue weighted by molar-refractivity contribution is 6.05. The maximum atomic E-state index is 12.8. The molecule has 0 bridgehead atoms. The van der Waals surface area contributed by atoms with Crippen molar-refractivity contribution in [2.75, 3.05) is 32.1 Å². The molecule has 1 fully saturated rings. The Bertz CT molecular complexity index is 829. The van der Waals surface area contributed by atoms with E-state index in [2.05, 4.69) is 5.32 Å². The van der Waals surface area contributed by atoms with Gasteiger partial charge in [0.1, 0.15) is 0 Å². The molecule has 2 amide bonds. The molecule has 1 aliphatic heterocycles. The average molecular weight is 368 g/mol. The van der Waals surface area contributed by atoms with Crippen molar-refractivity contribution in [1.82, 2.24) is 4.90 Å². The van der Waals surface area contributed by atoms with Gasteiger partial charge < -0.3 is 19.7 Å². The molecule has 2 aromatic rings. The van der Waals surface area contributed by atoms with E-state index < -0.39 is 0 Å². The number of nitrogens with zero attached hydrogens (tertiary/aromatic N) is 1. The van der Waals surface area contributed by atoms with Crippen LogP contribution in [0.3, 0.4) is 0 Å². The first-order valence-corrected chi connectivity index (χ1v) is 9.04. The molecule has 27 heavy (non-hydrogen) atoms. The Kier molecular flexibility index (Phi) is 5.96. The van der Waals surface area contributed by atoms with Gasteiger partial charge in [-0.2, -0.15) is 0 Å². The highest BCUT2D eigenvalue weighted by Crippen LogP contribution is 2.26. The number of carbonyl (C=O) groups is 2. The first-order chi connectivity index (χ1) is 13.1. The number of nitrogens with one attached hydrogen (secondary N) is 1. The molecular weight excluding hydrogens is 344 g/mol. The summed E-state index contributed by atoms with van der Waals surface area (Å²) in [4.78, 5) is 27.1. The smallest absolute Gasteiger partial charge is 0.262 e. The van der Waals surface area contributed by atoms with Crippen LogP contribution in [0.5, 0.6) is 11.5 Å². The van der Waals surface area contributed by atoms with E-state index in [4.69, 9.17) is 9.47 Å². The van der Waals surface area contributed by atoms with E-state index in [0.29, 0.717) is 22.7 Å². The van der Waals surface area contributed by atoms with Crippen LogP contribution in [0.25, 0.3) is 0 Å². The zero-order chi connectivity index (χ0) is 19.2. The number of hydrogen-bond donors (Lipinski definition) is 1. The van der Waals surface area contributed by atoms with Crippen molar-refractivity contribution >= 4 is 17.5 Å². The molecule has 3 rings (SSSR count). The first-order valence-electron chi connectivity index (χ1n) is 9.04. The van der Waals surface area contributed by atoms with E-state index in [0.717, 1.165) is 31.5 Å². The SMILES string of the molecule is COc1ccccc1OCC(=O)Nc1c(C)cccc1C(=O)N1CCCC1. The molecule has 2 aromatic carbocycles. The molecule has 142 valence electrons. The van der Waals surface area contributed by atoms with Gasteiger partial charge in [0.05, 0.1) is 18.4 Å². The minimum atomic E-state index is -0.328. The summed E-state index contributed by atoms with van der Waals surface area (Å²) in [7, 11) is 1.55. The monoisotopic (exact) mass is 368 g/mol. The number of hydrogen-bond acceptors (Lipinski definition) is 4. The van der Waals surface area contributed by atoms with E-state index in [1.54, 1.807) is 25.3 Å². The molecule has 1 saturated heterocycles. The summed E-state index contributed by atoms with van der Waals surface area (Å²) in [5.74, 6) is 0.683. The van der Waals surface area contributed by atoms with Crippen molar-refractivity contribution in [2.24, 2.45) is 0 Å². The Morgan fingerprint density at radius 1 is 1.04 bits per heavy atom. The maximum absolute atomic E-state index is 12.8. The molecule has 0 spiro atoms. The van der Waals surface area contributed by atoms with Gasteiger partial charge in [0.25, 0.3) is 11.8 Å². The molecule has 0 unspecified atom stereocenters. The Hall–Kier alpha value is -3.02. The molecule has 1 N–H and O–H groups in total. The third kappa shape index (κ3) is 4.39. The molecule has 0 aliphatic carbocycles. The predicted molar refractivity (Wildman–Crippen MR) is 103 cm³/mol. The second kappa shape index (κ2) is 8.58. The molecule has 1 aliphatic rings. The van der Waals surface area contributed by atoms with Gasteiger partial charge in [0.15, 0.2) is 18.1 Å². The number of anilines is 1. The van der Waals surface area contributed by atoms with Crippen molar-refractivity contribution in [3.63, 3.8) is 0 Å². The number of methoxy groups -OCH3 is 1. The minimum absolute atomic E-state index is 0.0443. The van der Waals surface area contributed by atoms with Gasteiger partial charge in [-0.1, -0.05) is 24.3 Å². The van der Waals surface area contributed by atoms with Crippen molar-refractivity contribution in [3.8, 4) is 11.5 Å². The van der Waals surface area contributed by atoms with E-state index in [9.17, 15) is 9.59 Å². The second-order valence-electron chi connectivity index (χ2n) is 6.48. The van der Waals surface area contributed by atoms with Crippen LogP contribution in [-0.2, 0) is 4.79 Å². The second-order valence-corrected chi connectivity index (χ2v) is 6.48. The number of rotatable bonds is 6. The van der Waals surface area contributed by atoms with Gasteiger partial charge in [-0.25, -0.2) is 0 Å². The van der Waals surface area contributed by atoms with Crippen LogP contribution in [0.2, 0.25) is 0 Å². The summed E-state index contributed by atoms with van der Waals surface area (Å²) in [6.45, 7) is 3.22. The topological polar surface area (TPSA) is 67.9 Å². The largest absolute Gasteiger partial charge is 0.493 e. The molecule has 0 aromatic heterocycles. The van der Waals surface area contributed by atoms with Gasteiger partial charge in [-0.15, -0.1) is 0 Å². The number of amides is 2. The van der Waals surface area contributed by atoms with Crippen LogP contribution in [-0.4, -0.2) is 43.5 Å². The van der Waals surface area contributed by atoms with E-state index >= 15 is 0 Å². The first kappa shape index (κ1) is 18.8. The fraction of sp³-hybridized carbons (Fsp3) is 0.333. The Balaban J connectivity index is 1.71. The van der Waals surface area contributed by atoms with Gasteiger partial charge in [0, 0.05) is 13.1 Å². The zero-order valence-electron chi connectivity index (χ0n) is 15.7. The van der Waals surface area contributed by atoms with Crippen LogP contribution in [0.1, 0.15) is 28.8 Å². The number of likely N-dealkylation sites (tertiary alicyclic amines) is 1. The van der Waals surface area contributed by atoms with E-state index in [1.165, 1.54) is 0 Å². The number of benzene rings is 2. The molecule has 6 nitrogen and oxygen atoms in total. The fourth-order valence-electron chi connectivity index (χ4n) is 3.16. The molecule has 0 saturated carbocycles. The molecular formula is C21H24N2O4. The number of para-hydroxylation sites is 3. The Morgan fingerprint density at radius 3 is 2.44 bits per heavy atom. The lowest BCUT2D eigenvalue weighted by molar-refractivity contribution is -0.118. The van der Waals surface area contributed by atoms with Crippen molar-refractivity contribution < 1.29 is 19.1 Å². The van der Waals surface area contributed by atoms with E-state index in [-0.39, 0.29) is 18.4 Å². The van der Waals surface area contributed by atoms with Crippen LogP contribution in [0, 0.1) is 6.92 Å². The lowest BCUT2D eigenvalue weighted by Crippen LogP contribution is -2.29. The number of ether oxygens (including phenoxy) is 2. The lowest BCUT2D eigenvalue weighted by Gasteiger charge is -2.19. The zero-order valence-corrected chi connectivity index (χ0v) is 15.7. The highest BCUT2D eigenvalue weighted by Gasteiger charge is 2.23. The van der Waals surface area contributed by atoms with E-state index in [1.807, 2.05) is 36.1 Å². The standard InChI is InChI=1S/C21H24N2O4/c1-15-8-7-9-16(21(25)23-12-5-6-13-23)20(15)22-19(24)14-27-18-11-4-3-10-17(18)26-2/h3-4,7-11H,5-6,12-14H2,1-2H3,(H,22,24). The van der Waals surface area contributed by atoms with Crippen LogP contribution < -0.4 is 14.8 Å². The Morgan fingerprint density at radius 2 is 1.74 bits per heavy atom. The predicted octanol–water partition coefficient (Wildman–Crippen LogP) is 3.26. The summed E-state index contributed by atoms with van der Waals surface area (Å²) in [5.41, 5.74) is 1.90. The molecule has 6 heteroatoms. The highest BCUT2D eigenvalue weighted by atomic mass is 16.5. The van der Waals surface area contributed by atoms with Gasteiger partial charge in [-0.3, -0.25) is 9.59 Å². The maximum Gasteiger partial charge on any atom is 0.262 e.